The second-order valence-electron chi connectivity index (χ2n) is 6.17. The highest BCUT2D eigenvalue weighted by Gasteiger charge is 2.28. The van der Waals surface area contributed by atoms with E-state index >= 15 is 0 Å². The molecule has 1 amide bonds. The fourth-order valence-electron chi connectivity index (χ4n) is 2.23. The Morgan fingerprint density at radius 1 is 1.39 bits per heavy atom. The summed E-state index contributed by atoms with van der Waals surface area (Å²) < 4.78 is 10.7. The van der Waals surface area contributed by atoms with Gasteiger partial charge < -0.3 is 14.8 Å². The normalized spacial score (nSPS) is 17.9. The van der Waals surface area contributed by atoms with E-state index < -0.39 is 11.9 Å². The van der Waals surface area contributed by atoms with E-state index in [1.165, 1.54) is 0 Å². The van der Waals surface area contributed by atoms with Crippen molar-refractivity contribution in [1.29, 1.82) is 0 Å². The summed E-state index contributed by atoms with van der Waals surface area (Å²) in [6, 6.07) is 5.36. The van der Waals surface area contributed by atoms with Crippen LogP contribution in [-0.4, -0.2) is 31.1 Å². The minimum absolute atomic E-state index is 0.0354. The van der Waals surface area contributed by atoms with Gasteiger partial charge in [-0.3, -0.25) is 9.59 Å². The molecule has 0 saturated carbocycles. The maximum atomic E-state index is 12.1. The van der Waals surface area contributed by atoms with Crippen molar-refractivity contribution in [2.75, 3.05) is 13.2 Å². The van der Waals surface area contributed by atoms with Crippen LogP contribution >= 0.6 is 11.6 Å². The van der Waals surface area contributed by atoms with Crippen LogP contribution in [0.15, 0.2) is 18.2 Å². The van der Waals surface area contributed by atoms with Crippen LogP contribution in [0.3, 0.4) is 0 Å². The predicted octanol–water partition coefficient (Wildman–Crippen LogP) is 2.60. The molecule has 1 aromatic rings. The van der Waals surface area contributed by atoms with Crippen molar-refractivity contribution in [2.45, 2.75) is 33.2 Å². The number of carbonyl (C=O) groups is 2. The molecule has 6 heteroatoms. The average Bonchev–Trinajstić information content (AvgIpc) is 2.51. The van der Waals surface area contributed by atoms with E-state index in [1.807, 2.05) is 20.8 Å². The molecule has 5 nitrogen and oxygen atoms in total. The third-order valence-corrected chi connectivity index (χ3v) is 4.23. The molecule has 0 radical (unpaired) electrons. The van der Waals surface area contributed by atoms with Crippen LogP contribution in [-0.2, 0) is 20.7 Å². The Morgan fingerprint density at radius 3 is 2.83 bits per heavy atom. The van der Waals surface area contributed by atoms with Gasteiger partial charge in [0.25, 0.3) is 5.91 Å². The molecule has 1 N–H and O–H groups in total. The lowest BCUT2D eigenvalue weighted by Crippen LogP contribution is -2.39. The summed E-state index contributed by atoms with van der Waals surface area (Å²) in [4.78, 5) is 23.9. The molecule has 1 aliphatic rings. The Morgan fingerprint density at radius 2 is 2.13 bits per heavy atom. The molecular weight excluding hydrogens is 318 g/mol. The Hall–Kier alpha value is -1.75. The number of carbonyl (C=O) groups excluding carboxylic acids is 2. The van der Waals surface area contributed by atoms with Gasteiger partial charge >= 0.3 is 5.97 Å². The molecule has 1 aromatic carbocycles. The Kier molecular flexibility index (Phi) is 5.88. The van der Waals surface area contributed by atoms with E-state index in [1.54, 1.807) is 18.2 Å². The van der Waals surface area contributed by atoms with Gasteiger partial charge in [-0.25, -0.2) is 0 Å². The standard InChI is InChI=1S/C17H22ClNO4/c1-10(2)11(3)19-16(20)9-23-17(21)13-6-12-7-14(18)4-5-15(12)22-8-13/h4-5,7,10-11,13H,6,8-9H2,1-3H3,(H,19,20)/t11-,13-/m0/s1. The summed E-state index contributed by atoms with van der Waals surface area (Å²) in [5.41, 5.74) is 0.878. The van der Waals surface area contributed by atoms with Crippen molar-refractivity contribution >= 4 is 23.5 Å². The summed E-state index contributed by atoms with van der Waals surface area (Å²) in [6.07, 6.45) is 0.499. The average molecular weight is 340 g/mol. The molecule has 0 aliphatic carbocycles. The second-order valence-corrected chi connectivity index (χ2v) is 6.61. The largest absolute Gasteiger partial charge is 0.492 e. The second kappa shape index (κ2) is 7.68. The van der Waals surface area contributed by atoms with E-state index in [2.05, 4.69) is 5.32 Å². The highest BCUT2D eigenvalue weighted by Crippen LogP contribution is 2.30. The van der Waals surface area contributed by atoms with Crippen molar-refractivity contribution in [3.8, 4) is 5.75 Å². The fraction of sp³-hybridized carbons (Fsp3) is 0.529. The van der Waals surface area contributed by atoms with Gasteiger partial charge in [0.1, 0.15) is 12.4 Å². The maximum Gasteiger partial charge on any atom is 0.313 e. The van der Waals surface area contributed by atoms with E-state index in [9.17, 15) is 9.59 Å². The third-order valence-electron chi connectivity index (χ3n) is 4.00. The van der Waals surface area contributed by atoms with Crippen LogP contribution in [0.4, 0.5) is 0 Å². The van der Waals surface area contributed by atoms with Gasteiger partial charge in [-0.15, -0.1) is 0 Å². The molecule has 0 spiro atoms. The predicted molar refractivity (Wildman–Crippen MR) is 87.5 cm³/mol. The van der Waals surface area contributed by atoms with Crippen molar-refractivity contribution in [3.05, 3.63) is 28.8 Å². The molecule has 0 unspecified atom stereocenters. The molecule has 0 bridgehead atoms. The van der Waals surface area contributed by atoms with Crippen LogP contribution in [0, 0.1) is 11.8 Å². The molecule has 2 rings (SSSR count). The first kappa shape index (κ1) is 17.6. The zero-order valence-corrected chi connectivity index (χ0v) is 14.4. The molecule has 0 saturated heterocycles. The third kappa shape index (κ3) is 4.86. The van der Waals surface area contributed by atoms with Crippen molar-refractivity contribution in [2.24, 2.45) is 11.8 Å². The van der Waals surface area contributed by atoms with Crippen LogP contribution in [0.1, 0.15) is 26.3 Å². The molecular formula is C17H22ClNO4. The Labute approximate surface area is 141 Å². The van der Waals surface area contributed by atoms with Gasteiger partial charge in [0.2, 0.25) is 0 Å². The summed E-state index contributed by atoms with van der Waals surface area (Å²) >= 11 is 5.96. The van der Waals surface area contributed by atoms with Crippen LogP contribution < -0.4 is 10.1 Å². The minimum Gasteiger partial charge on any atom is -0.492 e. The van der Waals surface area contributed by atoms with E-state index in [0.29, 0.717) is 17.4 Å². The lowest BCUT2D eigenvalue weighted by atomic mass is 9.97. The smallest absolute Gasteiger partial charge is 0.313 e. The molecule has 126 valence electrons. The number of esters is 1. The Bertz CT molecular complexity index is 588. The zero-order chi connectivity index (χ0) is 17.0. The number of nitrogens with one attached hydrogen (secondary N) is 1. The van der Waals surface area contributed by atoms with Gasteiger partial charge in [0.15, 0.2) is 6.61 Å². The first-order chi connectivity index (χ1) is 10.9. The van der Waals surface area contributed by atoms with Gasteiger partial charge in [0, 0.05) is 11.1 Å². The lowest BCUT2D eigenvalue weighted by molar-refractivity contribution is -0.154. The van der Waals surface area contributed by atoms with E-state index in [0.717, 1.165) is 11.3 Å². The molecule has 1 aliphatic heterocycles. The SMILES string of the molecule is CC(C)[C@H](C)NC(=O)COC(=O)[C@@H]1COc2ccc(Cl)cc2C1. The zero-order valence-electron chi connectivity index (χ0n) is 13.6. The van der Waals surface area contributed by atoms with E-state index in [4.69, 9.17) is 21.1 Å². The first-order valence-electron chi connectivity index (χ1n) is 7.74. The van der Waals surface area contributed by atoms with Crippen molar-refractivity contribution < 1.29 is 19.1 Å². The van der Waals surface area contributed by atoms with Crippen molar-refractivity contribution in [3.63, 3.8) is 0 Å². The summed E-state index contributed by atoms with van der Waals surface area (Å²) in [5.74, 6) is -0.0800. The lowest BCUT2D eigenvalue weighted by Gasteiger charge is -2.24. The molecule has 1 heterocycles. The Balaban J connectivity index is 1.84. The highest BCUT2D eigenvalue weighted by atomic mass is 35.5. The number of rotatable bonds is 5. The number of hydrogen-bond donors (Lipinski definition) is 1. The van der Waals surface area contributed by atoms with Gasteiger partial charge in [-0.2, -0.15) is 0 Å². The summed E-state index contributed by atoms with van der Waals surface area (Å²) in [7, 11) is 0. The number of amides is 1. The van der Waals surface area contributed by atoms with Crippen LogP contribution in [0.5, 0.6) is 5.75 Å². The summed E-state index contributed by atoms with van der Waals surface area (Å²) in [6.45, 7) is 5.92. The number of hydrogen-bond acceptors (Lipinski definition) is 4. The first-order valence-corrected chi connectivity index (χ1v) is 8.12. The molecule has 2 atom stereocenters. The number of benzene rings is 1. The number of fused-ring (bicyclic) bond motifs is 1. The number of halogens is 1. The minimum atomic E-state index is -0.428. The van der Waals surface area contributed by atoms with Gasteiger partial charge in [-0.05, 0) is 43.0 Å². The molecule has 0 aromatic heterocycles. The van der Waals surface area contributed by atoms with Crippen LogP contribution in [0.25, 0.3) is 0 Å². The maximum absolute atomic E-state index is 12.1. The van der Waals surface area contributed by atoms with Gasteiger partial charge in [0.05, 0.1) is 5.92 Å². The number of ether oxygens (including phenoxy) is 2. The summed E-state index contributed by atoms with van der Waals surface area (Å²) in [5, 5.41) is 3.40. The molecule has 0 fully saturated rings. The topological polar surface area (TPSA) is 64.6 Å². The molecule has 23 heavy (non-hydrogen) atoms. The quantitative estimate of drug-likeness (QED) is 0.837. The van der Waals surface area contributed by atoms with Crippen molar-refractivity contribution in [1.82, 2.24) is 5.32 Å². The fourth-order valence-corrected chi connectivity index (χ4v) is 2.43. The van der Waals surface area contributed by atoms with E-state index in [-0.39, 0.29) is 25.2 Å². The van der Waals surface area contributed by atoms with Gasteiger partial charge in [-0.1, -0.05) is 25.4 Å². The highest BCUT2D eigenvalue weighted by molar-refractivity contribution is 6.30. The monoisotopic (exact) mass is 339 g/mol. The van der Waals surface area contributed by atoms with Crippen LogP contribution in [0.2, 0.25) is 5.02 Å².